The van der Waals surface area contributed by atoms with Gasteiger partial charge in [-0.2, -0.15) is 13.2 Å². The molecule has 0 unspecified atom stereocenters. The molecule has 152 valence electrons. The standard InChI is InChI=1S/C18H18F3NO5S/c19-18(20,21)13-2-1-3-15(9-13)28(25,26)22-10-14(6-7-23)27-17-5-4-12(11-24)8-16(17)22/h1-5,8-9,14,23-24H,6-7,10-11H2/t14-/m0/s1. The van der Waals surface area contributed by atoms with E-state index in [1.807, 2.05) is 0 Å². The Labute approximate surface area is 159 Å². The second-order valence-corrected chi connectivity index (χ2v) is 8.14. The predicted molar refractivity (Wildman–Crippen MR) is 94.5 cm³/mol. The summed E-state index contributed by atoms with van der Waals surface area (Å²) in [6, 6.07) is 7.96. The van der Waals surface area contributed by atoms with Gasteiger partial charge in [-0.05, 0) is 35.9 Å². The Morgan fingerprint density at radius 3 is 2.54 bits per heavy atom. The maximum atomic E-state index is 13.2. The van der Waals surface area contributed by atoms with Crippen molar-refractivity contribution < 1.29 is 36.5 Å². The predicted octanol–water partition coefficient (Wildman–Crippen LogP) is 2.54. The highest BCUT2D eigenvalue weighted by molar-refractivity contribution is 7.92. The van der Waals surface area contributed by atoms with Crippen LogP contribution in [0.1, 0.15) is 17.5 Å². The smallest absolute Gasteiger partial charge is 0.416 e. The van der Waals surface area contributed by atoms with Crippen molar-refractivity contribution in [2.45, 2.75) is 30.2 Å². The number of sulfonamides is 1. The molecule has 1 aliphatic rings. The molecule has 0 amide bonds. The zero-order chi connectivity index (χ0) is 20.5. The fourth-order valence-electron chi connectivity index (χ4n) is 2.94. The molecule has 2 N–H and O–H groups in total. The first kappa shape index (κ1) is 20.4. The number of alkyl halides is 3. The number of fused-ring (bicyclic) bond motifs is 1. The number of hydrogen-bond acceptors (Lipinski definition) is 5. The number of halogens is 3. The number of hydrogen-bond donors (Lipinski definition) is 2. The third-order valence-corrected chi connectivity index (χ3v) is 6.11. The average molecular weight is 417 g/mol. The normalized spacial score (nSPS) is 17.2. The molecule has 0 radical (unpaired) electrons. The second kappa shape index (κ2) is 7.61. The average Bonchev–Trinajstić information content (AvgIpc) is 2.66. The van der Waals surface area contributed by atoms with Crippen LogP contribution in [0.2, 0.25) is 0 Å². The molecule has 1 atom stereocenters. The minimum absolute atomic E-state index is 0.123. The lowest BCUT2D eigenvalue weighted by molar-refractivity contribution is -0.137. The molecule has 2 aromatic rings. The van der Waals surface area contributed by atoms with E-state index in [4.69, 9.17) is 4.74 Å². The maximum absolute atomic E-state index is 13.2. The van der Waals surface area contributed by atoms with Crippen molar-refractivity contribution in [2.75, 3.05) is 17.5 Å². The van der Waals surface area contributed by atoms with Gasteiger partial charge in [0, 0.05) is 13.0 Å². The Kier molecular flexibility index (Phi) is 5.55. The summed E-state index contributed by atoms with van der Waals surface area (Å²) in [7, 11) is -4.34. The third-order valence-electron chi connectivity index (χ3n) is 4.34. The van der Waals surface area contributed by atoms with Gasteiger partial charge in [0.15, 0.2) is 0 Å². The van der Waals surface area contributed by atoms with Crippen LogP contribution in [0.4, 0.5) is 18.9 Å². The van der Waals surface area contributed by atoms with Gasteiger partial charge in [-0.15, -0.1) is 0 Å². The van der Waals surface area contributed by atoms with E-state index in [2.05, 4.69) is 0 Å². The fourth-order valence-corrected chi connectivity index (χ4v) is 4.48. The van der Waals surface area contributed by atoms with Crippen LogP contribution in [0.3, 0.4) is 0 Å². The van der Waals surface area contributed by atoms with Gasteiger partial charge < -0.3 is 14.9 Å². The van der Waals surface area contributed by atoms with Crippen LogP contribution in [0.5, 0.6) is 5.75 Å². The summed E-state index contributed by atoms with van der Waals surface area (Å²) in [5.74, 6) is 0.206. The molecule has 0 saturated carbocycles. The number of nitrogens with zero attached hydrogens (tertiary/aromatic N) is 1. The van der Waals surface area contributed by atoms with Gasteiger partial charge in [-0.1, -0.05) is 12.1 Å². The molecule has 28 heavy (non-hydrogen) atoms. The van der Waals surface area contributed by atoms with Gasteiger partial charge in [0.1, 0.15) is 11.9 Å². The third kappa shape index (κ3) is 3.94. The second-order valence-electron chi connectivity index (χ2n) is 6.27. The Morgan fingerprint density at radius 1 is 1.14 bits per heavy atom. The summed E-state index contributed by atoms with van der Waals surface area (Å²) in [4.78, 5) is -0.507. The highest BCUT2D eigenvalue weighted by atomic mass is 32.2. The lowest BCUT2D eigenvalue weighted by atomic mass is 10.1. The number of anilines is 1. The monoisotopic (exact) mass is 417 g/mol. The summed E-state index contributed by atoms with van der Waals surface area (Å²) < 4.78 is 72.0. The SMILES string of the molecule is O=S(=O)(c1cccc(C(F)(F)F)c1)N1C[C@H](CCO)Oc2ccc(CO)cc21. The van der Waals surface area contributed by atoms with E-state index >= 15 is 0 Å². The van der Waals surface area contributed by atoms with Crippen molar-refractivity contribution in [3.63, 3.8) is 0 Å². The van der Waals surface area contributed by atoms with E-state index < -0.39 is 32.8 Å². The van der Waals surface area contributed by atoms with Crippen molar-refractivity contribution in [2.24, 2.45) is 0 Å². The van der Waals surface area contributed by atoms with Crippen molar-refractivity contribution in [1.29, 1.82) is 0 Å². The van der Waals surface area contributed by atoms with Gasteiger partial charge in [0.25, 0.3) is 10.0 Å². The molecule has 1 aliphatic heterocycles. The summed E-state index contributed by atoms with van der Waals surface area (Å²) in [6.45, 7) is -0.766. The highest BCUT2D eigenvalue weighted by Crippen LogP contribution is 2.39. The molecule has 2 aromatic carbocycles. The molecule has 0 aromatic heterocycles. The van der Waals surface area contributed by atoms with Gasteiger partial charge in [0.05, 0.1) is 29.3 Å². The van der Waals surface area contributed by atoms with Crippen LogP contribution in [0.15, 0.2) is 47.4 Å². The van der Waals surface area contributed by atoms with Crippen molar-refractivity contribution in [3.8, 4) is 5.75 Å². The topological polar surface area (TPSA) is 87.1 Å². The van der Waals surface area contributed by atoms with E-state index in [1.165, 1.54) is 12.1 Å². The first-order chi connectivity index (χ1) is 13.2. The molecule has 10 heteroatoms. The van der Waals surface area contributed by atoms with Gasteiger partial charge >= 0.3 is 6.18 Å². The molecule has 0 bridgehead atoms. The minimum Gasteiger partial charge on any atom is -0.486 e. The van der Waals surface area contributed by atoms with Crippen LogP contribution in [0.25, 0.3) is 0 Å². The van der Waals surface area contributed by atoms with Crippen LogP contribution < -0.4 is 9.04 Å². The Balaban J connectivity index is 2.10. The fraction of sp³-hybridized carbons (Fsp3) is 0.333. The molecular weight excluding hydrogens is 399 g/mol. The first-order valence-corrected chi connectivity index (χ1v) is 9.82. The zero-order valence-corrected chi connectivity index (χ0v) is 15.4. The molecule has 1 heterocycles. The van der Waals surface area contributed by atoms with Crippen molar-refractivity contribution in [1.82, 2.24) is 0 Å². The Hall–Kier alpha value is -2.30. The van der Waals surface area contributed by atoms with Gasteiger partial charge in [-0.3, -0.25) is 4.31 Å². The summed E-state index contributed by atoms with van der Waals surface area (Å²) in [5.41, 5.74) is -0.525. The van der Waals surface area contributed by atoms with Crippen molar-refractivity contribution >= 4 is 15.7 Å². The van der Waals surface area contributed by atoms with E-state index in [9.17, 15) is 31.8 Å². The van der Waals surface area contributed by atoms with E-state index in [1.54, 1.807) is 6.07 Å². The molecule has 0 aliphatic carbocycles. The van der Waals surface area contributed by atoms with Crippen LogP contribution >= 0.6 is 0 Å². The molecule has 3 rings (SSSR count). The van der Waals surface area contributed by atoms with Crippen LogP contribution in [0, 0.1) is 0 Å². The molecular formula is C18H18F3NO5S. The zero-order valence-electron chi connectivity index (χ0n) is 14.6. The molecule has 0 saturated heterocycles. The lowest BCUT2D eigenvalue weighted by Gasteiger charge is -2.35. The van der Waals surface area contributed by atoms with E-state index in [0.29, 0.717) is 11.6 Å². The van der Waals surface area contributed by atoms with E-state index in [0.717, 1.165) is 22.5 Å². The molecule has 0 spiro atoms. The lowest BCUT2D eigenvalue weighted by Crippen LogP contribution is -2.44. The number of benzene rings is 2. The molecule has 6 nitrogen and oxygen atoms in total. The maximum Gasteiger partial charge on any atom is 0.416 e. The first-order valence-electron chi connectivity index (χ1n) is 8.38. The van der Waals surface area contributed by atoms with Crippen LogP contribution in [-0.4, -0.2) is 37.9 Å². The van der Waals surface area contributed by atoms with Gasteiger partial charge in [0.2, 0.25) is 0 Å². The largest absolute Gasteiger partial charge is 0.486 e. The summed E-state index contributed by atoms with van der Waals surface area (Å²) in [6.07, 6.45) is -5.20. The van der Waals surface area contributed by atoms with Gasteiger partial charge in [-0.25, -0.2) is 8.42 Å². The number of aliphatic hydroxyl groups excluding tert-OH is 2. The minimum atomic E-state index is -4.68. The summed E-state index contributed by atoms with van der Waals surface area (Å²) in [5, 5.41) is 18.5. The Bertz CT molecular complexity index is 962. The number of aliphatic hydroxyl groups is 2. The highest BCUT2D eigenvalue weighted by Gasteiger charge is 2.36. The quantitative estimate of drug-likeness (QED) is 0.781. The molecule has 0 fully saturated rings. The Morgan fingerprint density at radius 2 is 1.89 bits per heavy atom. The number of rotatable bonds is 5. The number of ether oxygens (including phenoxy) is 1. The summed E-state index contributed by atoms with van der Waals surface area (Å²) >= 11 is 0. The van der Waals surface area contributed by atoms with E-state index in [-0.39, 0.29) is 37.6 Å². The van der Waals surface area contributed by atoms with Crippen LogP contribution in [-0.2, 0) is 22.8 Å². The van der Waals surface area contributed by atoms with Crippen molar-refractivity contribution in [3.05, 3.63) is 53.6 Å².